The van der Waals surface area contributed by atoms with Crippen molar-refractivity contribution >= 4 is 17.6 Å². The Kier molecular flexibility index (Phi) is 14.9. The van der Waals surface area contributed by atoms with E-state index in [4.69, 9.17) is 20.0 Å². The van der Waals surface area contributed by atoms with Gasteiger partial charge in [-0.15, -0.1) is 6.42 Å². The Morgan fingerprint density at radius 2 is 2.20 bits per heavy atom. The van der Waals surface area contributed by atoms with Crippen LogP contribution in [-0.2, 0) is 18.1 Å². The van der Waals surface area contributed by atoms with Gasteiger partial charge in [-0.25, -0.2) is 0 Å². The lowest BCUT2D eigenvalue weighted by atomic mass is 10.1. The third-order valence-electron chi connectivity index (χ3n) is 2.09. The number of allylic oxidation sites excluding steroid dienone is 2. The summed E-state index contributed by atoms with van der Waals surface area (Å²) >= 11 is 0. The zero-order valence-electron chi connectivity index (χ0n) is 11.9. The fourth-order valence-electron chi connectivity index (χ4n) is 1.12. The SMILES string of the molecule is C#CCOC/C=C/CC/C(C)=C/COP(O)OPOC. The molecule has 2 atom stereocenters. The Bertz CT molecular complexity index is 325. The monoisotopic (exact) mass is 320 g/mol. The number of terminal acetylenes is 1. The summed E-state index contributed by atoms with van der Waals surface area (Å²) in [6.07, 6.45) is 12.8. The van der Waals surface area contributed by atoms with E-state index < -0.39 is 8.60 Å². The lowest BCUT2D eigenvalue weighted by Gasteiger charge is -2.07. The molecule has 20 heavy (non-hydrogen) atoms. The van der Waals surface area contributed by atoms with Crippen LogP contribution in [0.4, 0.5) is 0 Å². The van der Waals surface area contributed by atoms with Gasteiger partial charge in [-0.05, 0) is 19.8 Å². The minimum atomic E-state index is -1.85. The molecule has 0 radical (unpaired) electrons. The van der Waals surface area contributed by atoms with E-state index in [2.05, 4.69) is 16.5 Å². The van der Waals surface area contributed by atoms with Gasteiger partial charge in [0.25, 0.3) is 0 Å². The maximum Gasteiger partial charge on any atom is 0.335 e. The van der Waals surface area contributed by atoms with Gasteiger partial charge in [0.1, 0.15) is 6.61 Å². The Balaban J connectivity index is 3.58. The van der Waals surface area contributed by atoms with Gasteiger partial charge in [0.15, 0.2) is 9.03 Å². The molecule has 0 aliphatic rings. The molecule has 0 aromatic rings. The van der Waals surface area contributed by atoms with Crippen molar-refractivity contribution in [1.82, 2.24) is 0 Å². The number of hydrogen-bond acceptors (Lipinski definition) is 5. The van der Waals surface area contributed by atoms with Gasteiger partial charge < -0.3 is 18.7 Å². The van der Waals surface area contributed by atoms with Gasteiger partial charge >= 0.3 is 8.60 Å². The molecule has 1 N–H and O–H groups in total. The summed E-state index contributed by atoms with van der Waals surface area (Å²) < 4.78 is 19.7. The van der Waals surface area contributed by atoms with Crippen molar-refractivity contribution in [3.63, 3.8) is 0 Å². The van der Waals surface area contributed by atoms with Crippen LogP contribution in [0.3, 0.4) is 0 Å². The highest BCUT2D eigenvalue weighted by Gasteiger charge is 2.04. The highest BCUT2D eigenvalue weighted by molar-refractivity contribution is 7.49. The predicted octanol–water partition coefficient (Wildman–Crippen LogP) is 3.33. The zero-order chi connectivity index (χ0) is 15.1. The Labute approximate surface area is 124 Å². The third kappa shape index (κ3) is 14.1. The van der Waals surface area contributed by atoms with Crippen LogP contribution in [0.5, 0.6) is 0 Å². The third-order valence-corrected chi connectivity index (χ3v) is 3.55. The van der Waals surface area contributed by atoms with Crippen molar-refractivity contribution in [2.75, 3.05) is 26.9 Å². The van der Waals surface area contributed by atoms with Crippen LogP contribution in [0.15, 0.2) is 23.8 Å². The summed E-state index contributed by atoms with van der Waals surface area (Å²) in [6, 6.07) is 0. The first-order valence-electron chi connectivity index (χ1n) is 6.09. The Hall–Kier alpha value is -0.300. The van der Waals surface area contributed by atoms with Gasteiger partial charge in [0.05, 0.1) is 13.2 Å². The summed E-state index contributed by atoms with van der Waals surface area (Å²) in [7, 11) is -0.548. The average Bonchev–Trinajstić information content (AvgIpc) is 2.44. The molecule has 0 heterocycles. The van der Waals surface area contributed by atoms with E-state index >= 15 is 0 Å². The maximum atomic E-state index is 9.29. The minimum absolute atomic E-state index is 0.200. The second-order valence-electron chi connectivity index (χ2n) is 3.69. The Morgan fingerprint density at radius 3 is 2.90 bits per heavy atom. The van der Waals surface area contributed by atoms with Crippen LogP contribution in [-0.4, -0.2) is 31.8 Å². The molecule has 0 aliphatic carbocycles. The van der Waals surface area contributed by atoms with Crippen LogP contribution < -0.4 is 0 Å². The molecule has 114 valence electrons. The van der Waals surface area contributed by atoms with E-state index in [-0.39, 0.29) is 9.03 Å². The first-order chi connectivity index (χ1) is 9.70. The molecule has 0 aromatic heterocycles. The molecule has 2 unspecified atom stereocenters. The Morgan fingerprint density at radius 1 is 1.40 bits per heavy atom. The van der Waals surface area contributed by atoms with Crippen molar-refractivity contribution in [1.29, 1.82) is 0 Å². The molecule has 0 spiro atoms. The van der Waals surface area contributed by atoms with Gasteiger partial charge in [-0.1, -0.05) is 29.7 Å². The molecule has 0 bridgehead atoms. The second kappa shape index (κ2) is 15.1. The molecule has 0 saturated carbocycles. The molecule has 0 fully saturated rings. The number of rotatable bonds is 12. The molecular formula is C13H22O5P2. The minimum Gasteiger partial charge on any atom is -0.365 e. The van der Waals surface area contributed by atoms with Crippen LogP contribution in [0.2, 0.25) is 0 Å². The molecule has 0 aromatic carbocycles. The van der Waals surface area contributed by atoms with E-state index in [1.54, 1.807) is 0 Å². The van der Waals surface area contributed by atoms with Gasteiger partial charge in [-0.2, -0.15) is 0 Å². The van der Waals surface area contributed by atoms with Crippen LogP contribution >= 0.6 is 17.6 Å². The molecule has 0 aliphatic heterocycles. The molecule has 0 rings (SSSR count). The number of hydrogen-bond donors (Lipinski definition) is 1. The van der Waals surface area contributed by atoms with Crippen molar-refractivity contribution in [3.05, 3.63) is 23.8 Å². The largest absolute Gasteiger partial charge is 0.365 e. The fourth-order valence-corrected chi connectivity index (χ4v) is 2.09. The first kappa shape index (κ1) is 19.7. The molecule has 5 nitrogen and oxygen atoms in total. The predicted molar refractivity (Wildman–Crippen MR) is 83.3 cm³/mol. The summed E-state index contributed by atoms with van der Waals surface area (Å²) in [5.41, 5.74) is 1.19. The quantitative estimate of drug-likeness (QED) is 0.259. The van der Waals surface area contributed by atoms with Crippen LogP contribution in [0.1, 0.15) is 19.8 Å². The summed E-state index contributed by atoms with van der Waals surface area (Å²) in [6.45, 7) is 3.24. The van der Waals surface area contributed by atoms with E-state index in [0.717, 1.165) is 12.8 Å². The topological polar surface area (TPSA) is 57.2 Å². The highest BCUT2D eigenvalue weighted by atomic mass is 31.2. The van der Waals surface area contributed by atoms with Crippen LogP contribution in [0.25, 0.3) is 0 Å². The second-order valence-corrected chi connectivity index (χ2v) is 5.73. The smallest absolute Gasteiger partial charge is 0.335 e. The molecule has 7 heteroatoms. The molecule has 0 amide bonds. The average molecular weight is 320 g/mol. The van der Waals surface area contributed by atoms with Crippen LogP contribution in [0, 0.1) is 12.3 Å². The lowest BCUT2D eigenvalue weighted by Crippen LogP contribution is -1.90. The normalized spacial score (nSPS) is 14.2. The first-order valence-corrected chi connectivity index (χ1v) is 8.04. The van der Waals surface area contributed by atoms with Crippen molar-refractivity contribution in [2.24, 2.45) is 0 Å². The van der Waals surface area contributed by atoms with Crippen molar-refractivity contribution < 1.29 is 23.0 Å². The summed E-state index contributed by atoms with van der Waals surface area (Å²) in [4.78, 5) is 9.29. The van der Waals surface area contributed by atoms with Gasteiger partial charge in [-0.3, -0.25) is 4.31 Å². The van der Waals surface area contributed by atoms with E-state index in [1.807, 2.05) is 19.1 Å². The van der Waals surface area contributed by atoms with Crippen molar-refractivity contribution in [2.45, 2.75) is 19.8 Å². The van der Waals surface area contributed by atoms with Gasteiger partial charge in [0.2, 0.25) is 0 Å². The molecular weight excluding hydrogens is 298 g/mol. The standard InChI is InChI=1S/C13H22O5P2/c1-4-10-16-11-7-5-6-8-13(2)9-12-17-20(14)18-19-15-3/h1,5,7,9,14,19H,6,8,10-12H2,2-3H3/b7-5+,13-9+. The lowest BCUT2D eigenvalue weighted by molar-refractivity contribution is 0.199. The number of ether oxygens (including phenoxy) is 1. The summed E-state index contributed by atoms with van der Waals surface area (Å²) in [5.74, 6) is 2.41. The fraction of sp³-hybridized carbons (Fsp3) is 0.538. The van der Waals surface area contributed by atoms with E-state index in [0.29, 0.717) is 19.8 Å². The summed E-state index contributed by atoms with van der Waals surface area (Å²) in [5, 5.41) is 0. The maximum absolute atomic E-state index is 9.29. The van der Waals surface area contributed by atoms with Crippen molar-refractivity contribution in [3.8, 4) is 12.3 Å². The van der Waals surface area contributed by atoms with E-state index in [1.165, 1.54) is 12.7 Å². The zero-order valence-corrected chi connectivity index (χ0v) is 13.8. The van der Waals surface area contributed by atoms with E-state index in [9.17, 15) is 4.89 Å². The highest BCUT2D eigenvalue weighted by Crippen LogP contribution is 2.40. The molecule has 0 saturated heterocycles. The van der Waals surface area contributed by atoms with Gasteiger partial charge in [0, 0.05) is 7.11 Å².